The topological polar surface area (TPSA) is 24.7 Å². The van der Waals surface area contributed by atoms with E-state index in [2.05, 4.69) is 61.2 Å². The zero-order chi connectivity index (χ0) is 21.8. The molecule has 3 unspecified atom stereocenters. The van der Waals surface area contributed by atoms with Crippen molar-refractivity contribution < 1.29 is 0 Å². The fourth-order valence-electron chi connectivity index (χ4n) is 5.77. The highest BCUT2D eigenvalue weighted by Gasteiger charge is 2.32. The maximum atomic E-state index is 5.30. The fourth-order valence-corrected chi connectivity index (χ4v) is 5.77. The van der Waals surface area contributed by atoms with E-state index in [1.54, 1.807) is 0 Å². The maximum Gasteiger partial charge on any atom is 0.126 e. The maximum absolute atomic E-state index is 5.30. The van der Waals surface area contributed by atoms with E-state index < -0.39 is 0 Å². The van der Waals surface area contributed by atoms with Crippen molar-refractivity contribution in [3.63, 3.8) is 0 Å². The summed E-state index contributed by atoms with van der Waals surface area (Å²) in [6, 6.07) is 9.05. The summed E-state index contributed by atoms with van der Waals surface area (Å²) in [5, 5.41) is 0. The lowest BCUT2D eigenvalue weighted by molar-refractivity contribution is 0.422. The Bertz CT molecular complexity index is 967. The van der Waals surface area contributed by atoms with Crippen molar-refractivity contribution in [2.45, 2.75) is 70.3 Å². The predicted octanol–water partition coefficient (Wildman–Crippen LogP) is 7.84. The van der Waals surface area contributed by atoms with E-state index in [4.69, 9.17) is 9.98 Å². The van der Waals surface area contributed by atoms with E-state index in [0.717, 1.165) is 25.1 Å². The monoisotopic (exact) mass is 424 g/mol. The van der Waals surface area contributed by atoms with Crippen LogP contribution in [0.25, 0.3) is 11.6 Å². The van der Waals surface area contributed by atoms with Crippen LogP contribution in [0.15, 0.2) is 71.2 Å². The standard InChI is InChI=1S/C30H36N2/c1-2-22-13-15-23(16-14-22)24-17-19-26(20-18-24)29-21-28(25-9-5-3-6-10-25)31-30(32-29)27-11-7-4-8-12-27/h2,4,7,13-19,25-27,29H,1,3,5-6,8-12,20-21H2. The molecule has 1 fully saturated rings. The van der Waals surface area contributed by atoms with Crippen LogP contribution in [0, 0.1) is 17.8 Å². The van der Waals surface area contributed by atoms with Gasteiger partial charge in [0.25, 0.3) is 0 Å². The average Bonchev–Trinajstić information content (AvgIpc) is 2.89. The molecular formula is C30H36N2. The van der Waals surface area contributed by atoms with Gasteiger partial charge in [0.2, 0.25) is 0 Å². The van der Waals surface area contributed by atoms with Gasteiger partial charge in [-0.15, -0.1) is 0 Å². The molecule has 3 atom stereocenters. The van der Waals surface area contributed by atoms with Gasteiger partial charge in [0.05, 0.1) is 6.04 Å². The van der Waals surface area contributed by atoms with Crippen LogP contribution in [-0.4, -0.2) is 17.6 Å². The number of hydrogen-bond donors (Lipinski definition) is 0. The van der Waals surface area contributed by atoms with Crippen LogP contribution < -0.4 is 0 Å². The molecule has 1 aliphatic heterocycles. The second-order valence-electron chi connectivity index (χ2n) is 9.92. The van der Waals surface area contributed by atoms with Gasteiger partial charge in [0, 0.05) is 24.0 Å². The number of hydrogen-bond acceptors (Lipinski definition) is 2. The zero-order valence-electron chi connectivity index (χ0n) is 19.3. The van der Waals surface area contributed by atoms with Crippen molar-refractivity contribution in [3.8, 4) is 0 Å². The SMILES string of the molecule is C=Cc1ccc(C2=CCC(C3CC(C4CCCCC4)=NC(C4CC=CCC4)=N3)C=C2)cc1. The van der Waals surface area contributed by atoms with Crippen molar-refractivity contribution in [2.24, 2.45) is 27.7 Å². The molecular weight excluding hydrogens is 388 g/mol. The first-order valence-electron chi connectivity index (χ1n) is 12.7. The first-order valence-corrected chi connectivity index (χ1v) is 12.7. The minimum Gasteiger partial charge on any atom is -0.266 e. The molecule has 2 nitrogen and oxygen atoms in total. The number of nitrogens with zero attached hydrogens (tertiary/aromatic N) is 2. The van der Waals surface area contributed by atoms with Gasteiger partial charge in [0.15, 0.2) is 0 Å². The molecule has 3 aliphatic carbocycles. The Morgan fingerprint density at radius 3 is 2.44 bits per heavy atom. The minimum atomic E-state index is 0.350. The van der Waals surface area contributed by atoms with E-state index >= 15 is 0 Å². The lowest BCUT2D eigenvalue weighted by atomic mass is 9.79. The van der Waals surface area contributed by atoms with Crippen LogP contribution in [0.5, 0.6) is 0 Å². The Morgan fingerprint density at radius 2 is 1.75 bits per heavy atom. The van der Waals surface area contributed by atoms with Crippen LogP contribution in [0.2, 0.25) is 0 Å². The Labute approximate surface area is 193 Å². The highest BCUT2D eigenvalue weighted by molar-refractivity contribution is 6.02. The molecule has 0 saturated heterocycles. The molecule has 0 radical (unpaired) electrons. The molecule has 0 N–H and O–H groups in total. The Kier molecular flexibility index (Phi) is 6.67. The second kappa shape index (κ2) is 9.98. The van der Waals surface area contributed by atoms with Gasteiger partial charge >= 0.3 is 0 Å². The lowest BCUT2D eigenvalue weighted by Gasteiger charge is -2.33. The lowest BCUT2D eigenvalue weighted by Crippen LogP contribution is -2.33. The van der Waals surface area contributed by atoms with Crippen molar-refractivity contribution >= 4 is 23.2 Å². The van der Waals surface area contributed by atoms with Crippen LogP contribution in [0.1, 0.15) is 75.3 Å². The van der Waals surface area contributed by atoms with Gasteiger partial charge in [-0.1, -0.05) is 86.6 Å². The molecule has 5 rings (SSSR count). The normalized spacial score (nSPS) is 28.6. The van der Waals surface area contributed by atoms with Crippen molar-refractivity contribution in [3.05, 3.63) is 72.4 Å². The summed E-state index contributed by atoms with van der Waals surface area (Å²) in [4.78, 5) is 10.5. The minimum absolute atomic E-state index is 0.350. The molecule has 0 amide bonds. The van der Waals surface area contributed by atoms with Crippen LogP contribution in [0.4, 0.5) is 0 Å². The molecule has 1 heterocycles. The zero-order valence-corrected chi connectivity index (χ0v) is 19.3. The van der Waals surface area contributed by atoms with Gasteiger partial charge in [-0.25, -0.2) is 4.99 Å². The largest absolute Gasteiger partial charge is 0.266 e. The number of aliphatic imine (C=N–C) groups is 2. The number of benzene rings is 1. The number of rotatable bonds is 5. The third-order valence-corrected chi connectivity index (χ3v) is 7.79. The predicted molar refractivity (Wildman–Crippen MR) is 138 cm³/mol. The molecule has 166 valence electrons. The first kappa shape index (κ1) is 21.4. The summed E-state index contributed by atoms with van der Waals surface area (Å²) in [5.74, 6) is 2.85. The summed E-state index contributed by atoms with van der Waals surface area (Å²) in [7, 11) is 0. The van der Waals surface area contributed by atoms with Gasteiger partial charge in [-0.2, -0.15) is 0 Å². The van der Waals surface area contributed by atoms with E-state index in [9.17, 15) is 0 Å². The summed E-state index contributed by atoms with van der Waals surface area (Å²) >= 11 is 0. The van der Waals surface area contributed by atoms with Crippen molar-refractivity contribution in [2.75, 3.05) is 0 Å². The molecule has 0 bridgehead atoms. The average molecular weight is 425 g/mol. The summed E-state index contributed by atoms with van der Waals surface area (Å²) < 4.78 is 0. The molecule has 32 heavy (non-hydrogen) atoms. The smallest absolute Gasteiger partial charge is 0.126 e. The third-order valence-electron chi connectivity index (χ3n) is 7.79. The van der Waals surface area contributed by atoms with Crippen LogP contribution in [0.3, 0.4) is 0 Å². The molecule has 4 aliphatic rings. The van der Waals surface area contributed by atoms with Gasteiger partial charge in [0.1, 0.15) is 5.84 Å². The van der Waals surface area contributed by atoms with Crippen LogP contribution >= 0.6 is 0 Å². The summed E-state index contributed by atoms with van der Waals surface area (Å²) in [6.07, 6.45) is 26.1. The molecule has 1 aromatic carbocycles. The molecule has 0 aromatic heterocycles. The number of allylic oxidation sites excluding steroid dienone is 5. The van der Waals surface area contributed by atoms with Gasteiger partial charge in [-0.3, -0.25) is 4.99 Å². The highest BCUT2D eigenvalue weighted by atomic mass is 15.0. The van der Waals surface area contributed by atoms with Crippen molar-refractivity contribution in [1.29, 1.82) is 0 Å². The highest BCUT2D eigenvalue weighted by Crippen LogP contribution is 2.35. The Hall–Kier alpha value is -2.48. The second-order valence-corrected chi connectivity index (χ2v) is 9.92. The van der Waals surface area contributed by atoms with E-state index in [1.807, 2.05) is 6.08 Å². The fraction of sp³-hybridized carbons (Fsp3) is 0.467. The van der Waals surface area contributed by atoms with E-state index in [-0.39, 0.29) is 0 Å². The molecule has 2 heteroatoms. The molecule has 1 saturated carbocycles. The van der Waals surface area contributed by atoms with Gasteiger partial charge in [-0.05, 0) is 61.1 Å². The number of amidine groups is 1. The third kappa shape index (κ3) is 4.80. The summed E-state index contributed by atoms with van der Waals surface area (Å²) in [5.41, 5.74) is 5.26. The summed E-state index contributed by atoms with van der Waals surface area (Å²) in [6.45, 7) is 3.86. The van der Waals surface area contributed by atoms with E-state index in [0.29, 0.717) is 23.8 Å². The van der Waals surface area contributed by atoms with Crippen molar-refractivity contribution in [1.82, 2.24) is 0 Å². The van der Waals surface area contributed by atoms with Crippen LogP contribution in [-0.2, 0) is 0 Å². The quantitative estimate of drug-likeness (QED) is 0.430. The molecule has 0 spiro atoms. The first-order chi connectivity index (χ1) is 15.8. The molecule has 1 aromatic rings. The Morgan fingerprint density at radius 1 is 0.906 bits per heavy atom. The van der Waals surface area contributed by atoms with Gasteiger partial charge < -0.3 is 0 Å². The Balaban J connectivity index is 1.34. The van der Waals surface area contributed by atoms with E-state index in [1.165, 1.54) is 67.4 Å².